The SMILES string of the molecule is CNCc1c(C2CCOCC2)cnn1C. The number of nitrogens with zero attached hydrogens (tertiary/aromatic N) is 2. The maximum atomic E-state index is 5.39. The highest BCUT2D eigenvalue weighted by Gasteiger charge is 2.20. The molecule has 1 aromatic rings. The smallest absolute Gasteiger partial charge is 0.0553 e. The minimum atomic E-state index is 0.635. The summed E-state index contributed by atoms with van der Waals surface area (Å²) in [6.07, 6.45) is 4.27. The molecular weight excluding hydrogens is 190 g/mol. The van der Waals surface area contributed by atoms with Gasteiger partial charge >= 0.3 is 0 Å². The van der Waals surface area contributed by atoms with Gasteiger partial charge in [0.15, 0.2) is 0 Å². The van der Waals surface area contributed by atoms with E-state index in [2.05, 4.69) is 10.4 Å². The summed E-state index contributed by atoms with van der Waals surface area (Å²) in [4.78, 5) is 0. The van der Waals surface area contributed by atoms with Crippen LogP contribution < -0.4 is 5.32 Å². The van der Waals surface area contributed by atoms with Crippen LogP contribution in [0.2, 0.25) is 0 Å². The lowest BCUT2D eigenvalue weighted by Gasteiger charge is -2.22. The third-order valence-electron chi connectivity index (χ3n) is 3.10. The maximum absolute atomic E-state index is 5.39. The van der Waals surface area contributed by atoms with Crippen molar-refractivity contribution >= 4 is 0 Å². The van der Waals surface area contributed by atoms with E-state index in [-0.39, 0.29) is 0 Å². The van der Waals surface area contributed by atoms with E-state index in [1.165, 1.54) is 11.3 Å². The predicted molar refractivity (Wildman–Crippen MR) is 58.8 cm³/mol. The molecule has 1 aromatic heterocycles. The van der Waals surface area contributed by atoms with Gasteiger partial charge in [-0.2, -0.15) is 5.10 Å². The zero-order valence-electron chi connectivity index (χ0n) is 9.49. The van der Waals surface area contributed by atoms with Crippen LogP contribution in [0.3, 0.4) is 0 Å². The number of hydrogen-bond acceptors (Lipinski definition) is 3. The van der Waals surface area contributed by atoms with Crippen molar-refractivity contribution in [3.8, 4) is 0 Å². The summed E-state index contributed by atoms with van der Waals surface area (Å²) in [5.74, 6) is 0.635. The number of hydrogen-bond donors (Lipinski definition) is 1. The van der Waals surface area contributed by atoms with Gasteiger partial charge in [-0.1, -0.05) is 0 Å². The summed E-state index contributed by atoms with van der Waals surface area (Å²) >= 11 is 0. The molecule has 0 amide bonds. The monoisotopic (exact) mass is 209 g/mol. The highest BCUT2D eigenvalue weighted by atomic mass is 16.5. The van der Waals surface area contributed by atoms with Crippen LogP contribution in [0.25, 0.3) is 0 Å². The van der Waals surface area contributed by atoms with Crippen molar-refractivity contribution in [2.45, 2.75) is 25.3 Å². The van der Waals surface area contributed by atoms with Gasteiger partial charge in [0, 0.05) is 26.8 Å². The van der Waals surface area contributed by atoms with Crippen molar-refractivity contribution < 1.29 is 4.74 Å². The number of rotatable bonds is 3. The van der Waals surface area contributed by atoms with Gasteiger partial charge in [0.2, 0.25) is 0 Å². The van der Waals surface area contributed by atoms with E-state index in [0.29, 0.717) is 5.92 Å². The largest absolute Gasteiger partial charge is 0.381 e. The van der Waals surface area contributed by atoms with Gasteiger partial charge in [0.05, 0.1) is 11.9 Å². The molecule has 15 heavy (non-hydrogen) atoms. The van der Waals surface area contributed by atoms with Crippen molar-refractivity contribution in [1.29, 1.82) is 0 Å². The second-order valence-electron chi connectivity index (χ2n) is 4.09. The molecule has 4 nitrogen and oxygen atoms in total. The van der Waals surface area contributed by atoms with Gasteiger partial charge in [-0.15, -0.1) is 0 Å². The standard InChI is InChI=1S/C11H19N3O/c1-12-8-11-10(7-13-14(11)2)9-3-5-15-6-4-9/h7,9,12H,3-6,8H2,1-2H3. The van der Waals surface area contributed by atoms with Gasteiger partial charge in [0.1, 0.15) is 0 Å². The Hall–Kier alpha value is -0.870. The van der Waals surface area contributed by atoms with Crippen LogP contribution in [0.4, 0.5) is 0 Å². The van der Waals surface area contributed by atoms with Crippen LogP contribution in [-0.2, 0) is 18.3 Å². The van der Waals surface area contributed by atoms with Gasteiger partial charge < -0.3 is 10.1 Å². The molecule has 1 aliphatic heterocycles. The van der Waals surface area contributed by atoms with Gasteiger partial charge in [-0.05, 0) is 31.4 Å². The lowest BCUT2D eigenvalue weighted by molar-refractivity contribution is 0.0851. The zero-order chi connectivity index (χ0) is 10.7. The molecule has 0 bridgehead atoms. The maximum Gasteiger partial charge on any atom is 0.0553 e. The molecule has 0 radical (unpaired) electrons. The first kappa shape index (κ1) is 10.6. The lowest BCUT2D eigenvalue weighted by atomic mass is 9.92. The van der Waals surface area contributed by atoms with Crippen LogP contribution >= 0.6 is 0 Å². The number of aromatic nitrogens is 2. The Morgan fingerprint density at radius 2 is 2.27 bits per heavy atom. The molecule has 1 N–H and O–H groups in total. The Bertz CT molecular complexity index is 316. The molecule has 0 spiro atoms. The van der Waals surface area contributed by atoms with Crippen LogP contribution in [0, 0.1) is 0 Å². The number of ether oxygens (including phenoxy) is 1. The fourth-order valence-corrected chi connectivity index (χ4v) is 2.21. The number of aryl methyl sites for hydroxylation is 1. The fraction of sp³-hybridized carbons (Fsp3) is 0.727. The highest BCUT2D eigenvalue weighted by Crippen LogP contribution is 2.28. The van der Waals surface area contributed by atoms with E-state index >= 15 is 0 Å². The topological polar surface area (TPSA) is 39.1 Å². The molecule has 1 saturated heterocycles. The molecule has 84 valence electrons. The quantitative estimate of drug-likeness (QED) is 0.808. The first-order chi connectivity index (χ1) is 7.33. The van der Waals surface area contributed by atoms with E-state index in [1.807, 2.05) is 25.0 Å². The highest BCUT2D eigenvalue weighted by molar-refractivity contribution is 5.22. The molecule has 4 heteroatoms. The molecule has 0 unspecified atom stereocenters. The molecular formula is C11H19N3O. The summed E-state index contributed by atoms with van der Waals surface area (Å²) in [5, 5.41) is 7.54. The average Bonchev–Trinajstić information content (AvgIpc) is 2.63. The van der Waals surface area contributed by atoms with Gasteiger partial charge in [0.25, 0.3) is 0 Å². The molecule has 0 saturated carbocycles. The second kappa shape index (κ2) is 4.77. The van der Waals surface area contributed by atoms with E-state index in [4.69, 9.17) is 4.74 Å². The molecule has 1 aliphatic rings. The molecule has 0 aromatic carbocycles. The predicted octanol–water partition coefficient (Wildman–Crippen LogP) is 1.03. The van der Waals surface area contributed by atoms with E-state index in [0.717, 1.165) is 32.6 Å². The Kier molecular flexibility index (Phi) is 3.38. The third kappa shape index (κ3) is 2.21. The van der Waals surface area contributed by atoms with Crippen molar-refractivity contribution in [3.63, 3.8) is 0 Å². The molecule has 2 rings (SSSR count). The fourth-order valence-electron chi connectivity index (χ4n) is 2.21. The molecule has 0 aliphatic carbocycles. The summed E-state index contributed by atoms with van der Waals surface area (Å²) in [6.45, 7) is 2.67. The Labute approximate surface area is 90.6 Å². The first-order valence-electron chi connectivity index (χ1n) is 5.56. The minimum Gasteiger partial charge on any atom is -0.381 e. The lowest BCUT2D eigenvalue weighted by Crippen LogP contribution is -2.17. The summed E-state index contributed by atoms with van der Waals surface area (Å²) in [5.41, 5.74) is 2.71. The van der Waals surface area contributed by atoms with Crippen molar-refractivity contribution in [3.05, 3.63) is 17.5 Å². The minimum absolute atomic E-state index is 0.635. The zero-order valence-corrected chi connectivity index (χ0v) is 9.49. The molecule has 1 fully saturated rings. The first-order valence-corrected chi connectivity index (χ1v) is 5.56. The second-order valence-corrected chi connectivity index (χ2v) is 4.09. The van der Waals surface area contributed by atoms with Crippen LogP contribution in [0.15, 0.2) is 6.20 Å². The van der Waals surface area contributed by atoms with Crippen molar-refractivity contribution in [1.82, 2.24) is 15.1 Å². The Morgan fingerprint density at radius 3 is 2.93 bits per heavy atom. The van der Waals surface area contributed by atoms with Crippen LogP contribution in [-0.4, -0.2) is 30.0 Å². The average molecular weight is 209 g/mol. The van der Waals surface area contributed by atoms with E-state index < -0.39 is 0 Å². The molecule has 2 heterocycles. The van der Waals surface area contributed by atoms with Gasteiger partial charge in [-0.3, -0.25) is 4.68 Å². The third-order valence-corrected chi connectivity index (χ3v) is 3.10. The van der Waals surface area contributed by atoms with Crippen molar-refractivity contribution in [2.24, 2.45) is 7.05 Å². The van der Waals surface area contributed by atoms with Crippen LogP contribution in [0.5, 0.6) is 0 Å². The Balaban J connectivity index is 2.18. The molecule has 0 atom stereocenters. The van der Waals surface area contributed by atoms with Crippen LogP contribution in [0.1, 0.15) is 30.0 Å². The number of nitrogens with one attached hydrogen (secondary N) is 1. The van der Waals surface area contributed by atoms with E-state index in [9.17, 15) is 0 Å². The summed E-state index contributed by atoms with van der Waals surface area (Å²) in [6, 6.07) is 0. The van der Waals surface area contributed by atoms with E-state index in [1.54, 1.807) is 0 Å². The summed E-state index contributed by atoms with van der Waals surface area (Å²) < 4.78 is 7.36. The normalized spacial score (nSPS) is 18.3. The van der Waals surface area contributed by atoms with Gasteiger partial charge in [-0.25, -0.2) is 0 Å². The Morgan fingerprint density at radius 1 is 1.53 bits per heavy atom. The van der Waals surface area contributed by atoms with Crippen molar-refractivity contribution in [2.75, 3.05) is 20.3 Å². The summed E-state index contributed by atoms with van der Waals surface area (Å²) in [7, 11) is 3.98.